The van der Waals surface area contributed by atoms with Gasteiger partial charge in [-0.3, -0.25) is 25.0 Å². The summed E-state index contributed by atoms with van der Waals surface area (Å²) in [4.78, 5) is 31.8. The van der Waals surface area contributed by atoms with Gasteiger partial charge in [0.15, 0.2) is 0 Å². The molecule has 0 aliphatic carbocycles. The first kappa shape index (κ1) is 13.1. The highest BCUT2D eigenvalue weighted by Crippen LogP contribution is 2.16. The van der Waals surface area contributed by atoms with Crippen molar-refractivity contribution in [3.8, 4) is 0 Å². The van der Waals surface area contributed by atoms with Crippen molar-refractivity contribution >= 4 is 23.2 Å². The Morgan fingerprint density at radius 2 is 1.95 bits per heavy atom. The lowest BCUT2D eigenvalue weighted by Crippen LogP contribution is -2.29. The molecule has 4 N–H and O–H groups in total. The fourth-order valence-corrected chi connectivity index (χ4v) is 2.16. The normalized spacial score (nSPS) is 9.95. The zero-order valence-corrected chi connectivity index (χ0v) is 10.6. The molecule has 0 aliphatic heterocycles. The number of carbonyl (C=O) groups is 2. The number of hydrogen-bond donors (Lipinski definition) is 3. The fourth-order valence-electron chi connectivity index (χ4n) is 1.33. The number of aromatic nitrogens is 2. The van der Waals surface area contributed by atoms with Gasteiger partial charge in [-0.25, -0.2) is 5.84 Å². The maximum Gasteiger partial charge on any atom is 0.275 e. The quantitative estimate of drug-likeness (QED) is 0.416. The van der Waals surface area contributed by atoms with Crippen LogP contribution in [0.1, 0.15) is 25.0 Å². The Balaban J connectivity index is 1.97. The van der Waals surface area contributed by atoms with Crippen LogP contribution in [0.2, 0.25) is 0 Å². The number of nitrogens with zero attached hydrogens (tertiary/aromatic N) is 2. The summed E-state index contributed by atoms with van der Waals surface area (Å²) >= 11 is 1.07. The van der Waals surface area contributed by atoms with Crippen LogP contribution in [0.15, 0.2) is 30.7 Å². The highest BCUT2D eigenvalue weighted by atomic mass is 32.1. The minimum atomic E-state index is -0.419. The van der Waals surface area contributed by atoms with E-state index < -0.39 is 5.91 Å². The van der Waals surface area contributed by atoms with E-state index in [1.807, 2.05) is 5.43 Å². The maximum absolute atomic E-state index is 11.8. The molecule has 2 rings (SSSR count). The van der Waals surface area contributed by atoms with Gasteiger partial charge in [0.25, 0.3) is 11.8 Å². The molecular formula is C11H11N5O2S. The van der Waals surface area contributed by atoms with E-state index in [0.29, 0.717) is 15.4 Å². The summed E-state index contributed by atoms with van der Waals surface area (Å²) in [6, 6.07) is 3.12. The van der Waals surface area contributed by atoms with Gasteiger partial charge in [0.1, 0.15) is 0 Å². The van der Waals surface area contributed by atoms with E-state index in [9.17, 15) is 9.59 Å². The van der Waals surface area contributed by atoms with Gasteiger partial charge in [-0.05, 0) is 12.1 Å². The Morgan fingerprint density at radius 3 is 2.58 bits per heavy atom. The third-order valence-electron chi connectivity index (χ3n) is 2.23. The molecule has 2 amide bonds. The Kier molecular flexibility index (Phi) is 4.16. The van der Waals surface area contributed by atoms with Crippen LogP contribution >= 0.6 is 11.3 Å². The molecule has 2 heterocycles. The standard InChI is InChI=1S/C11H11N5O2S/c12-16-11(18)9-2-1-8(19-9)10(17)15-6-7-5-13-3-4-14-7/h1-5H,6,12H2,(H,15,17)(H,16,18). The molecule has 0 saturated carbocycles. The second-order valence-electron chi connectivity index (χ2n) is 3.52. The highest BCUT2D eigenvalue weighted by Gasteiger charge is 2.12. The third-order valence-corrected chi connectivity index (χ3v) is 3.31. The van der Waals surface area contributed by atoms with Crippen molar-refractivity contribution in [3.63, 3.8) is 0 Å². The smallest absolute Gasteiger partial charge is 0.275 e. The minimum absolute atomic E-state index is 0.272. The third kappa shape index (κ3) is 3.33. The Bertz CT molecular complexity index is 584. The van der Waals surface area contributed by atoms with E-state index in [1.165, 1.54) is 0 Å². The lowest BCUT2D eigenvalue weighted by molar-refractivity contribution is 0.0949. The van der Waals surface area contributed by atoms with Gasteiger partial charge < -0.3 is 5.32 Å². The van der Waals surface area contributed by atoms with Crippen LogP contribution in [-0.4, -0.2) is 21.8 Å². The van der Waals surface area contributed by atoms with Gasteiger partial charge in [-0.2, -0.15) is 0 Å². The summed E-state index contributed by atoms with van der Waals surface area (Å²) in [6.45, 7) is 0.281. The van der Waals surface area contributed by atoms with Gasteiger partial charge in [0.2, 0.25) is 0 Å². The second kappa shape index (κ2) is 6.03. The van der Waals surface area contributed by atoms with Crippen molar-refractivity contribution in [1.82, 2.24) is 20.7 Å². The van der Waals surface area contributed by atoms with E-state index in [2.05, 4.69) is 15.3 Å². The first-order valence-electron chi connectivity index (χ1n) is 5.34. The van der Waals surface area contributed by atoms with E-state index in [0.717, 1.165) is 11.3 Å². The first-order valence-corrected chi connectivity index (χ1v) is 6.16. The number of carbonyl (C=O) groups excluding carboxylic acids is 2. The van der Waals surface area contributed by atoms with Crippen molar-refractivity contribution in [2.24, 2.45) is 5.84 Å². The fraction of sp³-hybridized carbons (Fsp3) is 0.0909. The van der Waals surface area contributed by atoms with Crippen molar-refractivity contribution in [2.75, 3.05) is 0 Å². The van der Waals surface area contributed by atoms with Crippen LogP contribution in [0.4, 0.5) is 0 Å². The number of rotatable bonds is 4. The molecule has 8 heteroatoms. The number of hydrogen-bond acceptors (Lipinski definition) is 6. The van der Waals surface area contributed by atoms with Crippen molar-refractivity contribution in [3.05, 3.63) is 46.2 Å². The van der Waals surface area contributed by atoms with Gasteiger partial charge in [-0.1, -0.05) is 0 Å². The van der Waals surface area contributed by atoms with Crippen LogP contribution in [0.5, 0.6) is 0 Å². The molecule has 19 heavy (non-hydrogen) atoms. The molecule has 98 valence electrons. The number of nitrogens with one attached hydrogen (secondary N) is 2. The lowest BCUT2D eigenvalue weighted by Gasteiger charge is -2.01. The summed E-state index contributed by atoms with van der Waals surface area (Å²) in [5.74, 6) is 4.33. The molecule has 0 bridgehead atoms. The highest BCUT2D eigenvalue weighted by molar-refractivity contribution is 7.15. The molecule has 0 aliphatic rings. The number of nitrogens with two attached hydrogens (primary N) is 1. The molecule has 0 spiro atoms. The summed E-state index contributed by atoms with van der Waals surface area (Å²) < 4.78 is 0. The van der Waals surface area contributed by atoms with Crippen LogP contribution < -0.4 is 16.6 Å². The first-order chi connectivity index (χ1) is 9.20. The number of nitrogen functional groups attached to an aromatic ring is 1. The van der Waals surface area contributed by atoms with Crippen LogP contribution in [0, 0.1) is 0 Å². The van der Waals surface area contributed by atoms with E-state index in [4.69, 9.17) is 5.84 Å². The lowest BCUT2D eigenvalue weighted by atomic mass is 10.4. The SMILES string of the molecule is NNC(=O)c1ccc(C(=O)NCc2cnccn2)s1. The monoisotopic (exact) mass is 277 g/mol. The van der Waals surface area contributed by atoms with Crippen LogP contribution in [0.25, 0.3) is 0 Å². The number of amides is 2. The molecule has 0 aromatic carbocycles. The zero-order valence-electron chi connectivity index (χ0n) is 9.79. The minimum Gasteiger partial charge on any atom is -0.346 e. The van der Waals surface area contributed by atoms with E-state index in [1.54, 1.807) is 30.7 Å². The van der Waals surface area contributed by atoms with Crippen LogP contribution in [-0.2, 0) is 6.54 Å². The second-order valence-corrected chi connectivity index (χ2v) is 4.60. The van der Waals surface area contributed by atoms with Crippen molar-refractivity contribution < 1.29 is 9.59 Å². The molecule has 0 atom stereocenters. The predicted molar refractivity (Wildman–Crippen MR) is 69.2 cm³/mol. The molecule has 2 aromatic heterocycles. The Labute approximate surface area is 112 Å². The van der Waals surface area contributed by atoms with Gasteiger partial charge >= 0.3 is 0 Å². The van der Waals surface area contributed by atoms with E-state index >= 15 is 0 Å². The molecule has 0 fully saturated rings. The topological polar surface area (TPSA) is 110 Å². The van der Waals surface area contributed by atoms with Gasteiger partial charge in [-0.15, -0.1) is 11.3 Å². The summed E-state index contributed by atoms with van der Waals surface area (Å²) in [5.41, 5.74) is 2.67. The van der Waals surface area contributed by atoms with Gasteiger partial charge in [0.05, 0.1) is 28.2 Å². The molecule has 0 radical (unpaired) electrons. The average Bonchev–Trinajstić information content (AvgIpc) is 2.95. The number of hydrazine groups is 1. The summed E-state index contributed by atoms with van der Waals surface area (Å²) in [7, 11) is 0. The molecular weight excluding hydrogens is 266 g/mol. The van der Waals surface area contributed by atoms with E-state index in [-0.39, 0.29) is 12.5 Å². The molecule has 7 nitrogen and oxygen atoms in total. The Hall–Kier alpha value is -2.32. The van der Waals surface area contributed by atoms with Crippen molar-refractivity contribution in [1.29, 1.82) is 0 Å². The molecule has 0 unspecified atom stereocenters. The molecule has 0 saturated heterocycles. The summed E-state index contributed by atoms with van der Waals surface area (Å²) in [6.07, 6.45) is 4.68. The number of thiophene rings is 1. The van der Waals surface area contributed by atoms with Crippen LogP contribution in [0.3, 0.4) is 0 Å². The van der Waals surface area contributed by atoms with Gasteiger partial charge in [0, 0.05) is 12.4 Å². The predicted octanol–water partition coefficient (Wildman–Crippen LogP) is 0.0716. The summed E-state index contributed by atoms with van der Waals surface area (Å²) in [5, 5.41) is 2.69. The zero-order chi connectivity index (χ0) is 13.7. The average molecular weight is 277 g/mol. The largest absolute Gasteiger partial charge is 0.346 e. The van der Waals surface area contributed by atoms with Crippen molar-refractivity contribution in [2.45, 2.75) is 6.54 Å². The molecule has 2 aromatic rings. The Morgan fingerprint density at radius 1 is 1.21 bits per heavy atom. The maximum atomic E-state index is 11.8.